The summed E-state index contributed by atoms with van der Waals surface area (Å²) in [6.45, 7) is 5.96. The average molecular weight is 279 g/mol. The highest BCUT2D eigenvalue weighted by molar-refractivity contribution is 6.21. The van der Waals surface area contributed by atoms with Crippen molar-refractivity contribution in [2.45, 2.75) is 45.2 Å². The normalized spacial score (nSPS) is 14.6. The molecular formula is C14H18ClF3. The average Bonchev–Trinajstić information content (AvgIpc) is 2.23. The van der Waals surface area contributed by atoms with Gasteiger partial charge in [-0.15, -0.1) is 11.6 Å². The van der Waals surface area contributed by atoms with Gasteiger partial charge in [-0.05, 0) is 29.9 Å². The fraction of sp³-hybridized carbons (Fsp3) is 0.571. The third kappa shape index (κ3) is 4.20. The fourth-order valence-corrected chi connectivity index (χ4v) is 1.84. The van der Waals surface area contributed by atoms with Gasteiger partial charge in [0.2, 0.25) is 0 Å². The number of benzene rings is 1. The quantitative estimate of drug-likeness (QED) is 0.659. The van der Waals surface area contributed by atoms with Crippen molar-refractivity contribution in [1.82, 2.24) is 0 Å². The van der Waals surface area contributed by atoms with Crippen LogP contribution in [0.1, 0.15) is 38.3 Å². The summed E-state index contributed by atoms with van der Waals surface area (Å²) < 4.78 is 38.3. The van der Waals surface area contributed by atoms with Gasteiger partial charge in [-0.3, -0.25) is 0 Å². The second-order valence-electron chi connectivity index (χ2n) is 5.53. The van der Waals surface area contributed by atoms with Gasteiger partial charge in [-0.2, -0.15) is 13.2 Å². The molecule has 102 valence electrons. The summed E-state index contributed by atoms with van der Waals surface area (Å²) in [5, 5.41) is -0.140. The highest BCUT2D eigenvalue weighted by Crippen LogP contribution is 2.34. The van der Waals surface area contributed by atoms with E-state index in [1.54, 1.807) is 6.07 Å². The minimum atomic E-state index is -4.29. The molecule has 0 spiro atoms. The molecule has 0 fully saturated rings. The molecule has 0 aliphatic rings. The summed E-state index contributed by atoms with van der Waals surface area (Å²) in [6, 6.07) is 5.68. The van der Waals surface area contributed by atoms with E-state index in [4.69, 9.17) is 11.6 Å². The molecule has 0 aliphatic carbocycles. The van der Waals surface area contributed by atoms with Crippen LogP contribution in [0.5, 0.6) is 0 Å². The molecule has 18 heavy (non-hydrogen) atoms. The molecule has 1 aromatic carbocycles. The third-order valence-corrected chi connectivity index (χ3v) is 3.80. The maximum absolute atomic E-state index is 12.8. The Hall–Kier alpha value is -0.700. The van der Waals surface area contributed by atoms with Gasteiger partial charge in [0.25, 0.3) is 0 Å². The standard InChI is InChI=1S/C14H18ClF3/c1-13(2,3)12(15)9-8-10-6-4-5-7-11(10)14(16,17)18/h4-7,12H,8-9H2,1-3H3. The highest BCUT2D eigenvalue weighted by atomic mass is 35.5. The largest absolute Gasteiger partial charge is 0.416 e. The minimum Gasteiger partial charge on any atom is -0.166 e. The predicted molar refractivity (Wildman–Crippen MR) is 68.9 cm³/mol. The second-order valence-corrected chi connectivity index (χ2v) is 6.05. The van der Waals surface area contributed by atoms with Crippen LogP contribution in [0.2, 0.25) is 0 Å². The van der Waals surface area contributed by atoms with Crippen molar-refractivity contribution in [2.75, 3.05) is 0 Å². The van der Waals surface area contributed by atoms with Gasteiger partial charge in [0.15, 0.2) is 0 Å². The maximum Gasteiger partial charge on any atom is 0.416 e. The zero-order valence-electron chi connectivity index (χ0n) is 10.8. The summed E-state index contributed by atoms with van der Waals surface area (Å²) in [4.78, 5) is 0. The van der Waals surface area contributed by atoms with Gasteiger partial charge in [0.1, 0.15) is 0 Å². The predicted octanol–water partition coefficient (Wildman–Crippen LogP) is 5.29. The summed E-state index contributed by atoms with van der Waals surface area (Å²) >= 11 is 6.19. The van der Waals surface area contributed by atoms with Crippen molar-refractivity contribution in [2.24, 2.45) is 5.41 Å². The lowest BCUT2D eigenvalue weighted by molar-refractivity contribution is -0.138. The first-order chi connectivity index (χ1) is 8.12. The molecule has 1 aromatic rings. The van der Waals surface area contributed by atoms with Crippen molar-refractivity contribution in [3.05, 3.63) is 35.4 Å². The van der Waals surface area contributed by atoms with Gasteiger partial charge >= 0.3 is 6.18 Å². The molecule has 0 saturated carbocycles. The van der Waals surface area contributed by atoms with Crippen LogP contribution >= 0.6 is 11.6 Å². The zero-order chi connectivity index (χ0) is 14.0. The van der Waals surface area contributed by atoms with Crippen LogP contribution in [0.25, 0.3) is 0 Å². The fourth-order valence-electron chi connectivity index (χ4n) is 1.73. The molecule has 0 N–H and O–H groups in total. The summed E-state index contributed by atoms with van der Waals surface area (Å²) in [7, 11) is 0. The molecule has 0 radical (unpaired) electrons. The smallest absolute Gasteiger partial charge is 0.166 e. The molecule has 0 amide bonds. The first kappa shape index (κ1) is 15.4. The zero-order valence-corrected chi connectivity index (χ0v) is 11.6. The van der Waals surface area contributed by atoms with E-state index in [0.717, 1.165) is 6.07 Å². The first-order valence-electron chi connectivity index (χ1n) is 5.91. The second kappa shape index (κ2) is 5.52. The number of hydrogen-bond acceptors (Lipinski definition) is 0. The number of alkyl halides is 4. The number of hydrogen-bond donors (Lipinski definition) is 0. The Bertz CT molecular complexity index is 391. The Morgan fingerprint density at radius 2 is 1.67 bits per heavy atom. The van der Waals surface area contributed by atoms with Crippen molar-refractivity contribution >= 4 is 11.6 Å². The Kier molecular flexibility index (Phi) is 4.71. The first-order valence-corrected chi connectivity index (χ1v) is 6.35. The van der Waals surface area contributed by atoms with Crippen LogP contribution in [0.15, 0.2) is 24.3 Å². The van der Waals surface area contributed by atoms with Crippen molar-refractivity contribution in [3.8, 4) is 0 Å². The van der Waals surface area contributed by atoms with Gasteiger partial charge in [0, 0.05) is 5.38 Å². The van der Waals surface area contributed by atoms with Crippen LogP contribution in [-0.4, -0.2) is 5.38 Å². The van der Waals surface area contributed by atoms with Crippen LogP contribution in [-0.2, 0) is 12.6 Å². The number of halogens is 4. The molecular weight excluding hydrogens is 261 g/mol. The summed E-state index contributed by atoms with van der Waals surface area (Å²) in [5.74, 6) is 0. The molecule has 0 aromatic heterocycles. The molecule has 1 rings (SSSR count). The van der Waals surface area contributed by atoms with E-state index in [9.17, 15) is 13.2 Å². The number of rotatable bonds is 3. The number of aryl methyl sites for hydroxylation is 1. The molecule has 0 heterocycles. The van der Waals surface area contributed by atoms with Gasteiger partial charge in [0.05, 0.1) is 5.56 Å². The SMILES string of the molecule is CC(C)(C)C(Cl)CCc1ccccc1C(F)(F)F. The van der Waals surface area contributed by atoms with Crippen LogP contribution < -0.4 is 0 Å². The van der Waals surface area contributed by atoms with Crippen molar-refractivity contribution < 1.29 is 13.2 Å². The molecule has 4 heteroatoms. The van der Waals surface area contributed by atoms with Crippen LogP contribution in [0, 0.1) is 5.41 Å². The molecule has 1 atom stereocenters. The van der Waals surface area contributed by atoms with Crippen LogP contribution in [0.4, 0.5) is 13.2 Å². The van der Waals surface area contributed by atoms with E-state index < -0.39 is 11.7 Å². The van der Waals surface area contributed by atoms with Gasteiger partial charge in [-0.1, -0.05) is 39.0 Å². The van der Waals surface area contributed by atoms with Crippen molar-refractivity contribution in [1.29, 1.82) is 0 Å². The van der Waals surface area contributed by atoms with Crippen molar-refractivity contribution in [3.63, 3.8) is 0 Å². The van der Waals surface area contributed by atoms with E-state index in [0.29, 0.717) is 18.4 Å². The van der Waals surface area contributed by atoms with Crippen LogP contribution in [0.3, 0.4) is 0 Å². The Balaban J connectivity index is 2.80. The lowest BCUT2D eigenvalue weighted by atomic mass is 9.87. The lowest BCUT2D eigenvalue weighted by Crippen LogP contribution is -2.21. The summed E-state index contributed by atoms with van der Waals surface area (Å²) in [6.07, 6.45) is -3.40. The minimum absolute atomic E-state index is 0.102. The molecule has 0 saturated heterocycles. The Morgan fingerprint density at radius 1 is 1.11 bits per heavy atom. The van der Waals surface area contributed by atoms with E-state index in [1.807, 2.05) is 20.8 Å². The Morgan fingerprint density at radius 3 is 2.17 bits per heavy atom. The topological polar surface area (TPSA) is 0 Å². The molecule has 0 nitrogen and oxygen atoms in total. The third-order valence-electron chi connectivity index (χ3n) is 2.93. The van der Waals surface area contributed by atoms with Gasteiger partial charge < -0.3 is 0 Å². The van der Waals surface area contributed by atoms with E-state index in [1.165, 1.54) is 12.1 Å². The summed E-state index contributed by atoms with van der Waals surface area (Å²) in [5.41, 5.74) is -0.336. The Labute approximate surface area is 111 Å². The van der Waals surface area contributed by atoms with E-state index in [-0.39, 0.29) is 10.8 Å². The highest BCUT2D eigenvalue weighted by Gasteiger charge is 2.33. The van der Waals surface area contributed by atoms with Gasteiger partial charge in [-0.25, -0.2) is 0 Å². The molecule has 0 aliphatic heterocycles. The monoisotopic (exact) mass is 278 g/mol. The van der Waals surface area contributed by atoms with E-state index in [2.05, 4.69) is 0 Å². The molecule has 0 bridgehead atoms. The molecule has 1 unspecified atom stereocenters. The van der Waals surface area contributed by atoms with E-state index >= 15 is 0 Å². The lowest BCUT2D eigenvalue weighted by Gasteiger charge is -2.25. The maximum atomic E-state index is 12.8.